The molecule has 0 aliphatic carbocycles. The Morgan fingerprint density at radius 1 is 1.57 bits per heavy atom. The molecule has 1 unspecified atom stereocenters. The van der Waals surface area contributed by atoms with Gasteiger partial charge in [0.2, 0.25) is 0 Å². The Hall–Kier alpha value is -0.760. The zero-order valence-electron chi connectivity index (χ0n) is 8.76. The van der Waals surface area contributed by atoms with Crippen molar-refractivity contribution in [3.63, 3.8) is 0 Å². The van der Waals surface area contributed by atoms with Gasteiger partial charge in [0.25, 0.3) is 0 Å². The Labute approximate surface area is 90.7 Å². The van der Waals surface area contributed by atoms with Crippen molar-refractivity contribution in [3.05, 3.63) is 23.9 Å². The van der Waals surface area contributed by atoms with E-state index in [0.717, 1.165) is 25.2 Å². The average molecular weight is 213 g/mol. The minimum atomic E-state index is 0.270. The third-order valence-corrected chi connectivity index (χ3v) is 2.73. The summed E-state index contributed by atoms with van der Waals surface area (Å²) in [6, 6.07) is 3.99. The maximum Gasteiger partial charge on any atom is 0.128 e. The van der Waals surface area contributed by atoms with E-state index in [0.29, 0.717) is 0 Å². The maximum absolute atomic E-state index is 6.01. The number of anilines is 1. The smallest absolute Gasteiger partial charge is 0.128 e. The van der Waals surface area contributed by atoms with Crippen molar-refractivity contribution in [2.45, 2.75) is 32.1 Å². The van der Waals surface area contributed by atoms with Crippen molar-refractivity contribution in [2.24, 2.45) is 0 Å². The number of alkyl halides is 1. The Morgan fingerprint density at radius 3 is 3.00 bits per heavy atom. The van der Waals surface area contributed by atoms with Crippen LogP contribution in [0.3, 0.4) is 0 Å². The van der Waals surface area contributed by atoms with Crippen LogP contribution in [-0.2, 0) is 0 Å². The summed E-state index contributed by atoms with van der Waals surface area (Å²) in [5, 5.41) is 3.55. The third kappa shape index (κ3) is 3.54. The number of nitrogens with one attached hydrogen (secondary N) is 1. The van der Waals surface area contributed by atoms with Gasteiger partial charge in [-0.3, -0.25) is 0 Å². The van der Waals surface area contributed by atoms with Crippen LogP contribution in [0.4, 0.5) is 5.82 Å². The summed E-state index contributed by atoms with van der Waals surface area (Å²) in [6.07, 6.45) is 3.80. The molecule has 0 saturated carbocycles. The van der Waals surface area contributed by atoms with Gasteiger partial charge < -0.3 is 5.32 Å². The van der Waals surface area contributed by atoms with E-state index in [-0.39, 0.29) is 5.38 Å². The molecule has 14 heavy (non-hydrogen) atoms. The van der Waals surface area contributed by atoms with Crippen LogP contribution < -0.4 is 5.32 Å². The van der Waals surface area contributed by atoms with Crippen molar-refractivity contribution in [1.29, 1.82) is 0 Å². The largest absolute Gasteiger partial charge is 0.370 e. The Bertz CT molecular complexity index is 276. The molecule has 78 valence electrons. The molecule has 0 amide bonds. The van der Waals surface area contributed by atoms with Crippen molar-refractivity contribution in [3.8, 4) is 0 Å². The first-order valence-electron chi connectivity index (χ1n) is 5.03. The number of hydrogen-bond donors (Lipinski definition) is 1. The molecule has 1 N–H and O–H groups in total. The van der Waals surface area contributed by atoms with Crippen molar-refractivity contribution >= 4 is 17.4 Å². The fourth-order valence-electron chi connectivity index (χ4n) is 1.22. The zero-order chi connectivity index (χ0) is 10.4. The van der Waals surface area contributed by atoms with Crippen molar-refractivity contribution in [1.82, 2.24) is 4.98 Å². The van der Waals surface area contributed by atoms with Crippen LogP contribution in [0.25, 0.3) is 0 Å². The molecule has 1 atom stereocenters. The van der Waals surface area contributed by atoms with Gasteiger partial charge in [-0.25, -0.2) is 4.98 Å². The van der Waals surface area contributed by atoms with Crippen LogP contribution in [0.2, 0.25) is 0 Å². The van der Waals surface area contributed by atoms with Gasteiger partial charge in [0.1, 0.15) is 5.82 Å². The number of aryl methyl sites for hydroxylation is 1. The summed E-state index contributed by atoms with van der Waals surface area (Å²) in [5.74, 6) is 0.965. The van der Waals surface area contributed by atoms with Crippen LogP contribution in [0.15, 0.2) is 18.3 Å². The maximum atomic E-state index is 6.01. The average Bonchev–Trinajstić information content (AvgIpc) is 2.20. The van der Waals surface area contributed by atoms with Crippen LogP contribution in [0.5, 0.6) is 0 Å². The molecule has 1 aromatic heterocycles. The molecular weight excluding hydrogens is 196 g/mol. The van der Waals surface area contributed by atoms with Gasteiger partial charge in [0.15, 0.2) is 0 Å². The topological polar surface area (TPSA) is 24.9 Å². The van der Waals surface area contributed by atoms with Gasteiger partial charge in [0.05, 0.1) is 0 Å². The standard InChI is InChI=1S/C11H17ClN2/c1-3-10(12)6-8-14-11-9(2)5-4-7-13-11/h4-5,7,10H,3,6,8H2,1-2H3,(H,13,14). The number of hydrogen-bond acceptors (Lipinski definition) is 2. The lowest BCUT2D eigenvalue weighted by atomic mass is 10.2. The molecule has 0 saturated heterocycles. The molecule has 0 spiro atoms. The van der Waals surface area contributed by atoms with Crippen molar-refractivity contribution < 1.29 is 0 Å². The highest BCUT2D eigenvalue weighted by Gasteiger charge is 2.01. The molecule has 0 aliphatic rings. The van der Waals surface area contributed by atoms with Crippen LogP contribution >= 0.6 is 11.6 Å². The zero-order valence-corrected chi connectivity index (χ0v) is 9.51. The lowest BCUT2D eigenvalue weighted by molar-refractivity contribution is 0.751. The lowest BCUT2D eigenvalue weighted by Gasteiger charge is -2.09. The number of aromatic nitrogens is 1. The fraction of sp³-hybridized carbons (Fsp3) is 0.545. The van der Waals surface area contributed by atoms with E-state index in [2.05, 4.69) is 17.2 Å². The summed E-state index contributed by atoms with van der Waals surface area (Å²) >= 11 is 6.01. The quantitative estimate of drug-likeness (QED) is 0.759. The molecule has 0 bridgehead atoms. The molecule has 0 aromatic carbocycles. The van der Waals surface area contributed by atoms with Gasteiger partial charge >= 0.3 is 0 Å². The van der Waals surface area contributed by atoms with E-state index in [1.165, 1.54) is 5.56 Å². The van der Waals surface area contributed by atoms with Crippen LogP contribution in [-0.4, -0.2) is 16.9 Å². The third-order valence-electron chi connectivity index (χ3n) is 2.20. The molecule has 3 heteroatoms. The molecule has 0 radical (unpaired) electrons. The Kier molecular flexibility index (Phi) is 4.74. The first-order chi connectivity index (χ1) is 6.74. The van der Waals surface area contributed by atoms with E-state index >= 15 is 0 Å². The molecular formula is C11H17ClN2. The van der Waals surface area contributed by atoms with Crippen LogP contribution in [0.1, 0.15) is 25.3 Å². The molecule has 2 nitrogen and oxygen atoms in total. The normalized spacial score (nSPS) is 12.5. The van der Waals surface area contributed by atoms with E-state index < -0.39 is 0 Å². The lowest BCUT2D eigenvalue weighted by Crippen LogP contribution is -2.09. The SMILES string of the molecule is CCC(Cl)CCNc1ncccc1C. The number of pyridine rings is 1. The Balaban J connectivity index is 2.35. The first-order valence-corrected chi connectivity index (χ1v) is 5.47. The van der Waals surface area contributed by atoms with Gasteiger partial charge in [-0.1, -0.05) is 13.0 Å². The number of halogens is 1. The van der Waals surface area contributed by atoms with Gasteiger partial charge in [-0.2, -0.15) is 0 Å². The molecule has 0 fully saturated rings. The predicted octanol–water partition coefficient (Wildman–Crippen LogP) is 3.21. The summed E-state index contributed by atoms with van der Waals surface area (Å²) in [5.41, 5.74) is 1.18. The van der Waals surface area contributed by atoms with Gasteiger partial charge in [0, 0.05) is 18.1 Å². The monoisotopic (exact) mass is 212 g/mol. The molecule has 1 aromatic rings. The minimum absolute atomic E-state index is 0.270. The second-order valence-corrected chi connectivity index (χ2v) is 4.01. The first kappa shape index (κ1) is 11.3. The summed E-state index contributed by atoms with van der Waals surface area (Å²) in [6.45, 7) is 5.04. The highest BCUT2D eigenvalue weighted by molar-refractivity contribution is 6.20. The number of rotatable bonds is 5. The van der Waals surface area contributed by atoms with Crippen molar-refractivity contribution in [2.75, 3.05) is 11.9 Å². The second kappa shape index (κ2) is 5.86. The highest BCUT2D eigenvalue weighted by atomic mass is 35.5. The predicted molar refractivity (Wildman–Crippen MR) is 62.0 cm³/mol. The Morgan fingerprint density at radius 2 is 2.36 bits per heavy atom. The van der Waals surface area contributed by atoms with Crippen LogP contribution in [0, 0.1) is 6.92 Å². The summed E-state index contributed by atoms with van der Waals surface area (Å²) in [7, 11) is 0. The minimum Gasteiger partial charge on any atom is -0.370 e. The summed E-state index contributed by atoms with van der Waals surface area (Å²) in [4.78, 5) is 4.25. The molecule has 1 heterocycles. The van der Waals surface area contributed by atoms with E-state index in [4.69, 9.17) is 11.6 Å². The van der Waals surface area contributed by atoms with E-state index in [9.17, 15) is 0 Å². The van der Waals surface area contributed by atoms with Gasteiger partial charge in [-0.05, 0) is 31.4 Å². The van der Waals surface area contributed by atoms with E-state index in [1.54, 1.807) is 6.20 Å². The van der Waals surface area contributed by atoms with Gasteiger partial charge in [-0.15, -0.1) is 11.6 Å². The number of nitrogens with zero attached hydrogens (tertiary/aromatic N) is 1. The summed E-state index contributed by atoms with van der Waals surface area (Å²) < 4.78 is 0. The highest BCUT2D eigenvalue weighted by Crippen LogP contribution is 2.11. The fourth-order valence-corrected chi connectivity index (χ4v) is 1.33. The van der Waals surface area contributed by atoms with E-state index in [1.807, 2.05) is 19.1 Å². The molecule has 1 rings (SSSR count). The second-order valence-electron chi connectivity index (χ2n) is 3.39. The molecule has 0 aliphatic heterocycles.